The van der Waals surface area contributed by atoms with Crippen molar-refractivity contribution in [3.63, 3.8) is 0 Å². The van der Waals surface area contributed by atoms with Gasteiger partial charge >= 0.3 is 0 Å². The van der Waals surface area contributed by atoms with Crippen LogP contribution in [0.1, 0.15) is 5.56 Å². The van der Waals surface area contributed by atoms with Gasteiger partial charge in [0.15, 0.2) is 0 Å². The van der Waals surface area contributed by atoms with Gasteiger partial charge < -0.3 is 9.47 Å². The van der Waals surface area contributed by atoms with Gasteiger partial charge in [0.25, 0.3) is 5.69 Å². The summed E-state index contributed by atoms with van der Waals surface area (Å²) in [7, 11) is 3.13. The van der Waals surface area contributed by atoms with Gasteiger partial charge in [-0.15, -0.1) is 0 Å². The van der Waals surface area contributed by atoms with Crippen molar-refractivity contribution in [2.45, 2.75) is 0 Å². The lowest BCUT2D eigenvalue weighted by Crippen LogP contribution is -1.97. The maximum Gasteiger partial charge on any atom is 0.287 e. The molecule has 1 N–H and O–H groups in total. The highest BCUT2D eigenvalue weighted by Crippen LogP contribution is 2.22. The number of ether oxygens (including phenoxy) is 2. The fraction of sp³-hybridized carbons (Fsp3) is 0.143. The van der Waals surface area contributed by atoms with Crippen molar-refractivity contribution >= 4 is 17.7 Å². The van der Waals surface area contributed by atoms with Gasteiger partial charge in [0.1, 0.15) is 23.5 Å². The van der Waals surface area contributed by atoms with Gasteiger partial charge in [-0.2, -0.15) is 5.10 Å². The second-order valence-corrected chi connectivity index (χ2v) is 4.14. The van der Waals surface area contributed by atoms with Crippen LogP contribution in [0.5, 0.6) is 11.5 Å². The lowest BCUT2D eigenvalue weighted by Gasteiger charge is -2.06. The van der Waals surface area contributed by atoms with Gasteiger partial charge in [-0.1, -0.05) is 0 Å². The van der Waals surface area contributed by atoms with Gasteiger partial charge in [-0.3, -0.25) is 15.5 Å². The van der Waals surface area contributed by atoms with E-state index in [0.717, 1.165) is 11.8 Å². The number of nitrogens with one attached hydrogen (secondary N) is 1. The lowest BCUT2D eigenvalue weighted by atomic mass is 10.2. The molecule has 8 heteroatoms. The van der Waals surface area contributed by atoms with Crippen LogP contribution in [0.2, 0.25) is 0 Å². The quantitative estimate of drug-likeness (QED) is 0.500. The molecule has 1 heterocycles. The Kier molecular flexibility index (Phi) is 4.86. The number of anilines is 1. The van der Waals surface area contributed by atoms with E-state index in [1.54, 1.807) is 38.6 Å². The summed E-state index contributed by atoms with van der Waals surface area (Å²) in [6.45, 7) is 0. The Bertz CT molecular complexity index is 686. The molecule has 0 aliphatic rings. The molecule has 1 aromatic heterocycles. The molecule has 0 unspecified atom stereocenters. The molecule has 0 atom stereocenters. The average Bonchev–Trinajstić information content (AvgIpc) is 2.55. The molecule has 2 rings (SSSR count). The molecule has 8 nitrogen and oxygen atoms in total. The number of hydrogen-bond acceptors (Lipinski definition) is 7. The number of hydrogen-bond donors (Lipinski definition) is 1. The van der Waals surface area contributed by atoms with Gasteiger partial charge in [-0.05, 0) is 24.3 Å². The second-order valence-electron chi connectivity index (χ2n) is 4.14. The summed E-state index contributed by atoms with van der Waals surface area (Å²) in [6, 6.07) is 8.13. The number of hydrazone groups is 1. The standard InChI is InChI=1S/C14H14N4O4/c1-21-12-4-5-13(22-2)10(7-12)8-16-17-14-6-3-11(9-15-14)18(19)20/h3-9H,1-2H3,(H,15,17)/b16-8+. The van der Waals surface area contributed by atoms with E-state index in [4.69, 9.17) is 9.47 Å². The summed E-state index contributed by atoms with van der Waals surface area (Å²) in [6.07, 6.45) is 2.70. The van der Waals surface area contributed by atoms with E-state index in [1.807, 2.05) is 0 Å². The van der Waals surface area contributed by atoms with E-state index < -0.39 is 4.92 Å². The van der Waals surface area contributed by atoms with E-state index >= 15 is 0 Å². The minimum Gasteiger partial charge on any atom is -0.497 e. The van der Waals surface area contributed by atoms with E-state index in [1.165, 1.54) is 12.1 Å². The molecule has 0 spiro atoms. The first-order chi connectivity index (χ1) is 10.6. The molecule has 0 amide bonds. The van der Waals surface area contributed by atoms with Crippen molar-refractivity contribution in [2.75, 3.05) is 19.6 Å². The summed E-state index contributed by atoms with van der Waals surface area (Å²) < 4.78 is 10.4. The monoisotopic (exact) mass is 302 g/mol. The second kappa shape index (κ2) is 7.02. The smallest absolute Gasteiger partial charge is 0.287 e. The highest BCUT2D eigenvalue weighted by Gasteiger charge is 2.05. The minimum atomic E-state index is -0.513. The summed E-state index contributed by atoms with van der Waals surface area (Å²) in [5, 5.41) is 14.6. The predicted octanol–water partition coefficient (Wildman–Crippen LogP) is 2.45. The number of aromatic nitrogens is 1. The van der Waals surface area contributed by atoms with Crippen LogP contribution in [0, 0.1) is 10.1 Å². The zero-order valence-electron chi connectivity index (χ0n) is 12.0. The van der Waals surface area contributed by atoms with Crippen molar-refractivity contribution in [3.8, 4) is 11.5 Å². The highest BCUT2D eigenvalue weighted by atomic mass is 16.6. The third-order valence-electron chi connectivity index (χ3n) is 2.78. The van der Waals surface area contributed by atoms with Crippen molar-refractivity contribution in [1.82, 2.24) is 4.98 Å². The highest BCUT2D eigenvalue weighted by molar-refractivity contribution is 5.84. The van der Waals surface area contributed by atoms with Crippen LogP contribution in [0.4, 0.5) is 11.5 Å². The number of nitrogens with zero attached hydrogens (tertiary/aromatic N) is 3. The zero-order chi connectivity index (χ0) is 15.9. The number of methoxy groups -OCH3 is 2. The molecule has 0 bridgehead atoms. The summed E-state index contributed by atoms with van der Waals surface area (Å²) in [5.74, 6) is 1.71. The molecule has 0 saturated carbocycles. The fourth-order valence-electron chi connectivity index (χ4n) is 1.67. The van der Waals surface area contributed by atoms with E-state index in [0.29, 0.717) is 17.3 Å². The number of pyridine rings is 1. The maximum absolute atomic E-state index is 10.5. The van der Waals surface area contributed by atoms with Gasteiger partial charge in [0.05, 0.1) is 25.4 Å². The summed E-state index contributed by atoms with van der Waals surface area (Å²) in [4.78, 5) is 13.9. The molecule has 1 aromatic carbocycles. The SMILES string of the molecule is COc1ccc(OC)c(/C=N/Nc2ccc([N+](=O)[O-])cn2)c1. The zero-order valence-corrected chi connectivity index (χ0v) is 12.0. The van der Waals surface area contributed by atoms with Crippen LogP contribution < -0.4 is 14.9 Å². The summed E-state index contributed by atoms with van der Waals surface area (Å²) >= 11 is 0. The summed E-state index contributed by atoms with van der Waals surface area (Å²) in [5.41, 5.74) is 3.33. The number of nitro groups is 1. The van der Waals surface area contributed by atoms with Crippen molar-refractivity contribution in [3.05, 3.63) is 52.2 Å². The van der Waals surface area contributed by atoms with Gasteiger partial charge in [0.2, 0.25) is 0 Å². The van der Waals surface area contributed by atoms with Crippen LogP contribution in [-0.4, -0.2) is 30.3 Å². The average molecular weight is 302 g/mol. The molecule has 0 fully saturated rings. The predicted molar refractivity (Wildman–Crippen MR) is 81.7 cm³/mol. The first-order valence-electron chi connectivity index (χ1n) is 6.25. The Morgan fingerprint density at radius 3 is 2.68 bits per heavy atom. The Morgan fingerprint density at radius 2 is 2.09 bits per heavy atom. The first kappa shape index (κ1) is 15.2. The topological polar surface area (TPSA) is 98.9 Å². The van der Waals surface area contributed by atoms with Crippen molar-refractivity contribution in [1.29, 1.82) is 0 Å². The van der Waals surface area contributed by atoms with Gasteiger partial charge in [-0.25, -0.2) is 4.98 Å². The molecule has 0 aliphatic heterocycles. The molecule has 2 aromatic rings. The number of rotatable bonds is 6. The normalized spacial score (nSPS) is 10.5. The van der Waals surface area contributed by atoms with E-state index in [9.17, 15) is 10.1 Å². The van der Waals surface area contributed by atoms with Crippen LogP contribution in [0.25, 0.3) is 0 Å². The molecular weight excluding hydrogens is 288 g/mol. The fourth-order valence-corrected chi connectivity index (χ4v) is 1.67. The Balaban J connectivity index is 2.10. The Morgan fingerprint density at radius 1 is 1.27 bits per heavy atom. The van der Waals surface area contributed by atoms with E-state index in [-0.39, 0.29) is 5.69 Å². The maximum atomic E-state index is 10.5. The molecular formula is C14H14N4O4. The first-order valence-corrected chi connectivity index (χ1v) is 6.25. The Hall–Kier alpha value is -3.16. The molecule has 114 valence electrons. The van der Waals surface area contributed by atoms with Crippen LogP contribution in [-0.2, 0) is 0 Å². The largest absolute Gasteiger partial charge is 0.497 e. The van der Waals surface area contributed by atoms with Crippen molar-refractivity contribution in [2.24, 2.45) is 5.10 Å². The minimum absolute atomic E-state index is 0.0796. The van der Waals surface area contributed by atoms with Crippen LogP contribution >= 0.6 is 0 Å². The third-order valence-corrected chi connectivity index (χ3v) is 2.78. The Labute approximate surface area is 126 Å². The van der Waals surface area contributed by atoms with Crippen molar-refractivity contribution < 1.29 is 14.4 Å². The molecule has 22 heavy (non-hydrogen) atoms. The lowest BCUT2D eigenvalue weighted by molar-refractivity contribution is -0.385. The molecule has 0 radical (unpaired) electrons. The molecule has 0 aliphatic carbocycles. The number of benzene rings is 1. The van der Waals surface area contributed by atoms with E-state index in [2.05, 4.69) is 15.5 Å². The van der Waals surface area contributed by atoms with Crippen LogP contribution in [0.15, 0.2) is 41.6 Å². The van der Waals surface area contributed by atoms with Gasteiger partial charge in [0, 0.05) is 11.6 Å². The molecule has 0 saturated heterocycles. The van der Waals surface area contributed by atoms with Crippen LogP contribution in [0.3, 0.4) is 0 Å². The third kappa shape index (κ3) is 3.69.